The van der Waals surface area contributed by atoms with Gasteiger partial charge in [-0.05, 0) is 60.4 Å². The summed E-state index contributed by atoms with van der Waals surface area (Å²) in [4.78, 5) is 0. The van der Waals surface area contributed by atoms with Gasteiger partial charge in [-0.2, -0.15) is 0 Å². The van der Waals surface area contributed by atoms with E-state index in [1.165, 1.54) is 0 Å². The zero-order valence-corrected chi connectivity index (χ0v) is 13.3. The summed E-state index contributed by atoms with van der Waals surface area (Å²) in [6, 6.07) is 3.99. The Balaban J connectivity index is 2.77. The number of hydrogen-bond acceptors (Lipinski definition) is 4. The number of methoxy groups -OCH3 is 1. The van der Waals surface area contributed by atoms with Gasteiger partial charge in [-0.15, -0.1) is 0 Å². The van der Waals surface area contributed by atoms with Crippen molar-refractivity contribution in [2.24, 2.45) is 0 Å². The quantitative estimate of drug-likeness (QED) is 0.719. The summed E-state index contributed by atoms with van der Waals surface area (Å²) in [5, 5.41) is 12.0. The van der Waals surface area contributed by atoms with Gasteiger partial charge in [-0.1, -0.05) is 0 Å². The smallest absolute Gasteiger partial charge is 0.175 e. The third kappa shape index (κ3) is 5.38. The summed E-state index contributed by atoms with van der Waals surface area (Å²) in [7, 11) is 1.64. The number of ether oxygens (including phenoxy) is 2. The van der Waals surface area contributed by atoms with E-state index in [0.717, 1.165) is 41.0 Å². The maximum absolute atomic E-state index is 8.73. The zero-order chi connectivity index (χ0) is 14.3. The first-order chi connectivity index (χ1) is 9.08. The molecule has 2 N–H and O–H groups in total. The van der Waals surface area contributed by atoms with Crippen LogP contribution in [-0.2, 0) is 6.54 Å². The zero-order valence-electron chi connectivity index (χ0n) is 11.7. The van der Waals surface area contributed by atoms with Gasteiger partial charge in [0.2, 0.25) is 0 Å². The van der Waals surface area contributed by atoms with E-state index in [1.807, 2.05) is 26.0 Å². The average Bonchev–Trinajstić information content (AvgIpc) is 2.37. The van der Waals surface area contributed by atoms with Crippen LogP contribution in [-0.4, -0.2) is 31.5 Å². The molecule has 1 aromatic carbocycles. The Hall–Kier alpha value is -0.780. The molecule has 0 bridgehead atoms. The molecule has 4 nitrogen and oxygen atoms in total. The highest BCUT2D eigenvalue weighted by Gasteiger charge is 2.12. The first-order valence-corrected chi connectivity index (χ1v) is 7.22. The van der Waals surface area contributed by atoms with E-state index in [0.29, 0.717) is 0 Å². The maximum atomic E-state index is 8.73. The number of rotatable bonds is 8. The number of benzene rings is 1. The van der Waals surface area contributed by atoms with Crippen LogP contribution in [0.3, 0.4) is 0 Å². The van der Waals surface area contributed by atoms with Crippen molar-refractivity contribution in [3.05, 3.63) is 22.2 Å². The minimum absolute atomic E-state index is 0.0960. The van der Waals surface area contributed by atoms with Gasteiger partial charge in [-0.25, -0.2) is 0 Å². The molecule has 5 heteroatoms. The van der Waals surface area contributed by atoms with Crippen molar-refractivity contribution >= 4 is 15.9 Å². The summed E-state index contributed by atoms with van der Waals surface area (Å²) in [5.74, 6) is 1.46. The molecule has 0 aliphatic rings. The van der Waals surface area contributed by atoms with Crippen LogP contribution in [0.2, 0.25) is 0 Å². The van der Waals surface area contributed by atoms with Crippen molar-refractivity contribution in [3.63, 3.8) is 0 Å². The molecule has 1 rings (SSSR count). The van der Waals surface area contributed by atoms with Crippen LogP contribution in [0.15, 0.2) is 16.6 Å². The molecule has 19 heavy (non-hydrogen) atoms. The summed E-state index contributed by atoms with van der Waals surface area (Å²) in [6.45, 7) is 5.70. The van der Waals surface area contributed by atoms with Gasteiger partial charge in [0.1, 0.15) is 0 Å². The van der Waals surface area contributed by atoms with Crippen LogP contribution >= 0.6 is 15.9 Å². The molecule has 0 radical (unpaired) electrons. The molecule has 0 aliphatic heterocycles. The third-order valence-electron chi connectivity index (χ3n) is 2.48. The Kier molecular flexibility index (Phi) is 7.20. The standard InChI is InChI=1S/C14H22BrNO3/c1-10(2)19-14-12(15)7-11(8-13(14)18-3)9-16-5-4-6-17/h7-8,10,16-17H,4-6,9H2,1-3H3. The van der Waals surface area contributed by atoms with E-state index in [1.54, 1.807) is 7.11 Å². The molecule has 0 atom stereocenters. The molecular weight excluding hydrogens is 310 g/mol. The van der Waals surface area contributed by atoms with E-state index in [-0.39, 0.29) is 12.7 Å². The predicted molar refractivity (Wildman–Crippen MR) is 79.9 cm³/mol. The largest absolute Gasteiger partial charge is 0.493 e. The summed E-state index contributed by atoms with van der Waals surface area (Å²) >= 11 is 3.52. The molecule has 0 saturated heterocycles. The summed E-state index contributed by atoms with van der Waals surface area (Å²) in [5.41, 5.74) is 1.11. The fourth-order valence-electron chi connectivity index (χ4n) is 1.66. The Morgan fingerprint density at radius 3 is 2.68 bits per heavy atom. The second-order valence-corrected chi connectivity index (χ2v) is 5.38. The first kappa shape index (κ1) is 16.3. The van der Waals surface area contributed by atoms with Crippen molar-refractivity contribution in [3.8, 4) is 11.5 Å². The highest BCUT2D eigenvalue weighted by molar-refractivity contribution is 9.10. The predicted octanol–water partition coefficient (Wildman–Crippen LogP) is 2.72. The van der Waals surface area contributed by atoms with E-state index in [4.69, 9.17) is 14.6 Å². The molecular formula is C14H22BrNO3. The van der Waals surface area contributed by atoms with Crippen molar-refractivity contribution < 1.29 is 14.6 Å². The lowest BCUT2D eigenvalue weighted by atomic mass is 10.2. The molecule has 0 aliphatic carbocycles. The average molecular weight is 332 g/mol. The third-order valence-corrected chi connectivity index (χ3v) is 3.07. The molecule has 0 aromatic heterocycles. The van der Waals surface area contributed by atoms with Crippen LogP contribution in [0, 0.1) is 0 Å². The Morgan fingerprint density at radius 2 is 2.11 bits per heavy atom. The van der Waals surface area contributed by atoms with Crippen LogP contribution in [0.5, 0.6) is 11.5 Å². The minimum Gasteiger partial charge on any atom is -0.493 e. The lowest BCUT2D eigenvalue weighted by Crippen LogP contribution is -2.16. The second-order valence-electron chi connectivity index (χ2n) is 4.53. The van der Waals surface area contributed by atoms with Gasteiger partial charge in [0.15, 0.2) is 11.5 Å². The molecule has 0 amide bonds. The van der Waals surface area contributed by atoms with Gasteiger partial charge in [0.25, 0.3) is 0 Å². The SMILES string of the molecule is COc1cc(CNCCCO)cc(Br)c1OC(C)C. The van der Waals surface area contributed by atoms with Gasteiger partial charge in [0.05, 0.1) is 17.7 Å². The maximum Gasteiger partial charge on any atom is 0.175 e. The number of aliphatic hydroxyl groups is 1. The normalized spacial score (nSPS) is 10.8. The molecule has 1 aromatic rings. The van der Waals surface area contributed by atoms with Gasteiger partial charge in [-0.3, -0.25) is 0 Å². The van der Waals surface area contributed by atoms with E-state index in [2.05, 4.69) is 21.2 Å². The van der Waals surface area contributed by atoms with Gasteiger partial charge in [0, 0.05) is 13.2 Å². The van der Waals surface area contributed by atoms with Crippen molar-refractivity contribution in [1.82, 2.24) is 5.32 Å². The molecule has 0 saturated carbocycles. The molecule has 0 fully saturated rings. The summed E-state index contributed by atoms with van der Waals surface area (Å²) < 4.78 is 12.0. The topological polar surface area (TPSA) is 50.7 Å². The first-order valence-electron chi connectivity index (χ1n) is 6.43. The van der Waals surface area contributed by atoms with E-state index >= 15 is 0 Å². The highest BCUT2D eigenvalue weighted by Crippen LogP contribution is 2.37. The second kappa shape index (κ2) is 8.40. The molecule has 0 unspecified atom stereocenters. The van der Waals surface area contributed by atoms with Crippen molar-refractivity contribution in [2.45, 2.75) is 32.9 Å². The fraction of sp³-hybridized carbons (Fsp3) is 0.571. The Labute approximate surface area is 123 Å². The number of nitrogens with one attached hydrogen (secondary N) is 1. The van der Waals surface area contributed by atoms with Gasteiger partial charge >= 0.3 is 0 Å². The fourth-order valence-corrected chi connectivity index (χ4v) is 2.25. The van der Waals surface area contributed by atoms with Crippen LogP contribution < -0.4 is 14.8 Å². The number of aliphatic hydroxyl groups excluding tert-OH is 1. The minimum atomic E-state index is 0.0960. The molecule has 0 spiro atoms. The lowest BCUT2D eigenvalue weighted by molar-refractivity contribution is 0.228. The van der Waals surface area contributed by atoms with Crippen LogP contribution in [0.1, 0.15) is 25.8 Å². The summed E-state index contributed by atoms with van der Waals surface area (Å²) in [6.07, 6.45) is 0.853. The number of hydrogen-bond donors (Lipinski definition) is 2. The van der Waals surface area contributed by atoms with Crippen LogP contribution in [0.4, 0.5) is 0 Å². The molecule has 0 heterocycles. The van der Waals surface area contributed by atoms with Crippen molar-refractivity contribution in [2.75, 3.05) is 20.3 Å². The lowest BCUT2D eigenvalue weighted by Gasteiger charge is -2.16. The Morgan fingerprint density at radius 1 is 1.37 bits per heavy atom. The van der Waals surface area contributed by atoms with E-state index < -0.39 is 0 Å². The monoisotopic (exact) mass is 331 g/mol. The highest BCUT2D eigenvalue weighted by atomic mass is 79.9. The molecule has 108 valence electrons. The Bertz CT molecular complexity index is 397. The number of halogens is 1. The van der Waals surface area contributed by atoms with Crippen molar-refractivity contribution in [1.29, 1.82) is 0 Å². The van der Waals surface area contributed by atoms with E-state index in [9.17, 15) is 0 Å². The van der Waals surface area contributed by atoms with Crippen LogP contribution in [0.25, 0.3) is 0 Å². The van der Waals surface area contributed by atoms with Gasteiger partial charge < -0.3 is 19.9 Å².